The Kier molecular flexibility index (Phi) is 3.61. The van der Waals surface area contributed by atoms with E-state index < -0.39 is 0 Å². The highest BCUT2D eigenvalue weighted by atomic mass is 35.5. The topological polar surface area (TPSA) is 30.7 Å². The predicted octanol–water partition coefficient (Wildman–Crippen LogP) is 3.39. The summed E-state index contributed by atoms with van der Waals surface area (Å²) in [5.74, 6) is 1.50. The summed E-state index contributed by atoms with van der Waals surface area (Å²) in [5.41, 5.74) is 0.956. The van der Waals surface area contributed by atoms with Gasteiger partial charge >= 0.3 is 0 Å². The zero-order valence-corrected chi connectivity index (χ0v) is 10.9. The quantitative estimate of drug-likeness (QED) is 0.784. The number of nitrogens with zero attached hydrogens (tertiary/aromatic N) is 3. The normalized spacial score (nSPS) is 12.9. The van der Waals surface area contributed by atoms with Gasteiger partial charge in [-0.2, -0.15) is 0 Å². The van der Waals surface area contributed by atoms with E-state index in [9.17, 15) is 0 Å². The molecule has 2 aromatic heterocycles. The lowest BCUT2D eigenvalue weighted by Crippen LogP contribution is -2.10. The first kappa shape index (κ1) is 11.6. The number of hydrogen-bond acceptors (Lipinski definition) is 3. The van der Waals surface area contributed by atoms with E-state index in [4.69, 9.17) is 11.6 Å². The monoisotopic (exact) mass is 255 g/mol. The van der Waals surface area contributed by atoms with E-state index >= 15 is 0 Å². The smallest absolute Gasteiger partial charge is 0.116 e. The van der Waals surface area contributed by atoms with Crippen LogP contribution in [0.1, 0.15) is 35.9 Å². The third-order valence-corrected chi connectivity index (χ3v) is 3.84. The molecule has 5 heteroatoms. The number of hydrogen-bond donors (Lipinski definition) is 0. The van der Waals surface area contributed by atoms with Crippen LogP contribution < -0.4 is 0 Å². The number of imidazole rings is 1. The lowest BCUT2D eigenvalue weighted by atomic mass is 10.2. The molecule has 1 atom stereocenters. The first-order chi connectivity index (χ1) is 7.76. The van der Waals surface area contributed by atoms with E-state index in [-0.39, 0.29) is 6.04 Å². The lowest BCUT2D eigenvalue weighted by Gasteiger charge is -2.15. The summed E-state index contributed by atoms with van der Waals surface area (Å²) in [6.07, 6.45) is 4.84. The first-order valence-corrected chi connectivity index (χ1v) is 6.67. The second kappa shape index (κ2) is 4.97. The van der Waals surface area contributed by atoms with Gasteiger partial charge in [0.25, 0.3) is 0 Å². The molecule has 0 spiro atoms. The Morgan fingerprint density at radius 1 is 1.56 bits per heavy atom. The highest BCUT2D eigenvalue weighted by Gasteiger charge is 2.16. The van der Waals surface area contributed by atoms with Crippen molar-refractivity contribution in [1.29, 1.82) is 0 Å². The van der Waals surface area contributed by atoms with Gasteiger partial charge in [-0.1, -0.05) is 6.92 Å². The van der Waals surface area contributed by atoms with E-state index in [1.165, 1.54) is 0 Å². The lowest BCUT2D eigenvalue weighted by molar-refractivity contribution is 0.548. The van der Waals surface area contributed by atoms with Crippen molar-refractivity contribution < 1.29 is 0 Å². The Morgan fingerprint density at radius 2 is 2.38 bits per heavy atom. The Labute approximate surface area is 104 Å². The molecule has 0 fully saturated rings. The summed E-state index contributed by atoms with van der Waals surface area (Å²) in [6, 6.07) is 0.282. The molecule has 0 amide bonds. The second-order valence-electron chi connectivity index (χ2n) is 3.62. The maximum absolute atomic E-state index is 5.77. The fraction of sp³-hybridized carbons (Fsp3) is 0.455. The van der Waals surface area contributed by atoms with Gasteiger partial charge < -0.3 is 4.57 Å². The van der Waals surface area contributed by atoms with Crippen LogP contribution in [0.2, 0.25) is 0 Å². The second-order valence-corrected chi connectivity index (χ2v) is 4.77. The van der Waals surface area contributed by atoms with Gasteiger partial charge in [-0.05, 0) is 13.3 Å². The minimum Gasteiger partial charge on any atom is -0.325 e. The van der Waals surface area contributed by atoms with Crippen molar-refractivity contribution >= 4 is 22.9 Å². The van der Waals surface area contributed by atoms with Gasteiger partial charge in [-0.15, -0.1) is 22.9 Å². The van der Waals surface area contributed by atoms with Gasteiger partial charge in [0, 0.05) is 17.8 Å². The molecule has 0 aliphatic rings. The zero-order chi connectivity index (χ0) is 11.5. The van der Waals surface area contributed by atoms with Crippen LogP contribution in [0.3, 0.4) is 0 Å². The molecule has 3 nitrogen and oxygen atoms in total. The maximum Gasteiger partial charge on any atom is 0.116 e. The molecular weight excluding hydrogens is 242 g/mol. The van der Waals surface area contributed by atoms with Crippen molar-refractivity contribution in [2.45, 2.75) is 32.2 Å². The summed E-state index contributed by atoms with van der Waals surface area (Å²) in [6.45, 7) is 4.17. The number of thiazole rings is 1. The molecule has 16 heavy (non-hydrogen) atoms. The summed E-state index contributed by atoms with van der Waals surface area (Å²) < 4.78 is 2.16. The van der Waals surface area contributed by atoms with Crippen molar-refractivity contribution in [2.75, 3.05) is 0 Å². The third-order valence-electron chi connectivity index (χ3n) is 2.58. The summed E-state index contributed by atoms with van der Waals surface area (Å²) in [7, 11) is 0. The molecule has 86 valence electrons. The van der Waals surface area contributed by atoms with E-state index in [0.29, 0.717) is 5.88 Å². The predicted molar refractivity (Wildman–Crippen MR) is 67.1 cm³/mol. The molecule has 1 unspecified atom stereocenters. The third kappa shape index (κ3) is 2.13. The molecule has 0 saturated heterocycles. The molecule has 0 N–H and O–H groups in total. The van der Waals surface area contributed by atoms with Crippen molar-refractivity contribution in [3.05, 3.63) is 34.3 Å². The van der Waals surface area contributed by atoms with Crippen LogP contribution in [0.4, 0.5) is 0 Å². The van der Waals surface area contributed by atoms with Gasteiger partial charge in [0.05, 0.1) is 17.6 Å². The Balaban J connectivity index is 2.32. The minimum absolute atomic E-state index is 0.282. The zero-order valence-electron chi connectivity index (χ0n) is 9.35. The molecule has 2 rings (SSSR count). The van der Waals surface area contributed by atoms with E-state index in [2.05, 4.69) is 21.5 Å². The standard InChI is InChI=1S/C11H14ClN3S/c1-3-10(15-5-4-13-8(15)2)11-14-9(6-12)7-16-11/h4-5,7,10H,3,6H2,1-2H3. The number of aromatic nitrogens is 3. The molecular formula is C11H14ClN3S. The number of rotatable bonds is 4. The minimum atomic E-state index is 0.282. The van der Waals surface area contributed by atoms with Gasteiger partial charge in [0.15, 0.2) is 0 Å². The molecule has 0 saturated carbocycles. The van der Waals surface area contributed by atoms with Crippen LogP contribution in [0.5, 0.6) is 0 Å². The van der Waals surface area contributed by atoms with E-state index in [0.717, 1.165) is 22.9 Å². The molecule has 2 heterocycles. The Hall–Kier alpha value is -0.870. The van der Waals surface area contributed by atoms with Crippen molar-refractivity contribution in [3.63, 3.8) is 0 Å². The molecule has 0 aliphatic heterocycles. The molecule has 0 bridgehead atoms. The van der Waals surface area contributed by atoms with Crippen LogP contribution in [0.25, 0.3) is 0 Å². The Bertz CT molecular complexity index is 463. The summed E-state index contributed by atoms with van der Waals surface area (Å²) in [4.78, 5) is 8.79. The largest absolute Gasteiger partial charge is 0.325 e. The van der Waals surface area contributed by atoms with Crippen LogP contribution in [-0.2, 0) is 5.88 Å². The van der Waals surface area contributed by atoms with Gasteiger partial charge in [0.2, 0.25) is 0 Å². The first-order valence-electron chi connectivity index (χ1n) is 5.26. The fourth-order valence-electron chi connectivity index (χ4n) is 1.74. The summed E-state index contributed by atoms with van der Waals surface area (Å²) >= 11 is 7.44. The molecule has 0 radical (unpaired) electrons. The van der Waals surface area contributed by atoms with Crippen LogP contribution >= 0.6 is 22.9 Å². The molecule has 0 aliphatic carbocycles. The number of halogens is 1. The van der Waals surface area contributed by atoms with E-state index in [1.807, 2.05) is 24.7 Å². The average molecular weight is 256 g/mol. The van der Waals surface area contributed by atoms with E-state index in [1.54, 1.807) is 11.3 Å². The van der Waals surface area contributed by atoms with Gasteiger partial charge in [0.1, 0.15) is 10.8 Å². The highest BCUT2D eigenvalue weighted by molar-refractivity contribution is 7.09. The van der Waals surface area contributed by atoms with Crippen molar-refractivity contribution in [1.82, 2.24) is 14.5 Å². The average Bonchev–Trinajstić information content (AvgIpc) is 2.90. The maximum atomic E-state index is 5.77. The fourth-order valence-corrected chi connectivity index (χ4v) is 2.97. The van der Waals surface area contributed by atoms with Gasteiger partial charge in [-0.3, -0.25) is 0 Å². The van der Waals surface area contributed by atoms with Gasteiger partial charge in [-0.25, -0.2) is 9.97 Å². The number of aryl methyl sites for hydroxylation is 1. The Morgan fingerprint density at radius 3 is 2.88 bits per heavy atom. The van der Waals surface area contributed by atoms with Crippen molar-refractivity contribution in [2.24, 2.45) is 0 Å². The van der Waals surface area contributed by atoms with Crippen LogP contribution in [0, 0.1) is 6.92 Å². The van der Waals surface area contributed by atoms with Crippen molar-refractivity contribution in [3.8, 4) is 0 Å². The van der Waals surface area contributed by atoms with Crippen LogP contribution in [-0.4, -0.2) is 14.5 Å². The molecule has 2 aromatic rings. The number of alkyl halides is 1. The summed E-state index contributed by atoms with van der Waals surface area (Å²) in [5, 5.41) is 3.14. The molecule has 0 aromatic carbocycles. The van der Waals surface area contributed by atoms with Crippen LogP contribution in [0.15, 0.2) is 17.8 Å². The highest BCUT2D eigenvalue weighted by Crippen LogP contribution is 2.26. The SMILES string of the molecule is CCC(c1nc(CCl)cs1)n1ccnc1C.